The third-order valence-electron chi connectivity index (χ3n) is 8.54. The molecule has 6 rings (SSSR count). The monoisotopic (exact) mass is 687 g/mol. The van der Waals surface area contributed by atoms with E-state index >= 15 is 0 Å². The number of aryl methyl sites for hydroxylation is 3. The second kappa shape index (κ2) is 14.9. The molecule has 50 heavy (non-hydrogen) atoms. The molecule has 1 fully saturated rings. The number of amides is 4. The quantitative estimate of drug-likeness (QED) is 0.290. The Labute approximate surface area is 287 Å². The summed E-state index contributed by atoms with van der Waals surface area (Å²) in [6.07, 6.45) is 2.89. The maximum Gasteiger partial charge on any atom is 0.275 e. The molecule has 4 bridgehead atoms. The van der Waals surface area contributed by atoms with E-state index in [-0.39, 0.29) is 53.9 Å². The zero-order valence-corrected chi connectivity index (χ0v) is 28.0. The largest absolute Gasteiger partial charge is 0.457 e. The van der Waals surface area contributed by atoms with Crippen LogP contribution in [-0.2, 0) is 22.7 Å². The van der Waals surface area contributed by atoms with Crippen molar-refractivity contribution < 1.29 is 37.5 Å². The summed E-state index contributed by atoms with van der Waals surface area (Å²) in [6, 6.07) is 9.79. The van der Waals surface area contributed by atoms with E-state index in [1.165, 1.54) is 48.5 Å². The van der Waals surface area contributed by atoms with E-state index in [4.69, 9.17) is 13.9 Å². The molecular formula is C35H38FN7O7. The number of benzene rings is 2. The molecule has 0 unspecified atom stereocenters. The van der Waals surface area contributed by atoms with E-state index in [2.05, 4.69) is 20.7 Å². The van der Waals surface area contributed by atoms with Gasteiger partial charge < -0.3 is 34.3 Å². The lowest BCUT2D eigenvalue weighted by molar-refractivity contribution is -0.124. The number of oxazole rings is 1. The Bertz CT molecular complexity index is 1890. The minimum absolute atomic E-state index is 0.00784. The third-order valence-corrected chi connectivity index (χ3v) is 8.54. The highest BCUT2D eigenvalue weighted by atomic mass is 19.1. The molecule has 4 amide bonds. The predicted molar refractivity (Wildman–Crippen MR) is 176 cm³/mol. The van der Waals surface area contributed by atoms with Crippen LogP contribution in [0.1, 0.15) is 61.0 Å². The van der Waals surface area contributed by atoms with Crippen LogP contribution >= 0.6 is 0 Å². The Balaban J connectivity index is 1.23. The minimum Gasteiger partial charge on any atom is -0.457 e. The molecule has 4 heterocycles. The standard InChI is InChI=1S/C35H38FN7O7/c1-21-9-22(2)43(40-21)7-4-6-37-33(45)24-12-25-14-28(13-24)50-27-11-23(10-26(36)15-27)18-49-31-5-8-42(35(47)30-19-48-20-38-30)16-29(31)39-32(44)17-41(3)34(25)46/h9-15,19-20,29,31H,4-8,16-18H2,1-3H3,(H,37,45)(H,39,44)/t29-,31+/m1/s1. The van der Waals surface area contributed by atoms with Gasteiger partial charge in [-0.05, 0) is 68.7 Å². The van der Waals surface area contributed by atoms with Crippen LogP contribution in [0.15, 0.2) is 59.5 Å². The summed E-state index contributed by atoms with van der Waals surface area (Å²) in [5.74, 6) is -2.13. The molecule has 2 aliphatic rings. The molecule has 2 atom stereocenters. The maximum absolute atomic E-state index is 14.8. The van der Waals surface area contributed by atoms with Crippen LogP contribution in [0, 0.1) is 19.7 Å². The molecule has 14 nitrogen and oxygen atoms in total. The Kier molecular flexibility index (Phi) is 10.2. The van der Waals surface area contributed by atoms with E-state index in [1.54, 1.807) is 11.0 Å². The normalized spacial score (nSPS) is 18.2. The van der Waals surface area contributed by atoms with Crippen LogP contribution in [0.2, 0.25) is 0 Å². The highest BCUT2D eigenvalue weighted by Crippen LogP contribution is 2.28. The molecule has 15 heteroatoms. The number of aromatic nitrogens is 3. The van der Waals surface area contributed by atoms with Gasteiger partial charge in [-0.2, -0.15) is 5.10 Å². The van der Waals surface area contributed by atoms with Crippen molar-refractivity contribution in [3.8, 4) is 11.5 Å². The summed E-state index contributed by atoms with van der Waals surface area (Å²) in [7, 11) is 1.46. The molecule has 0 radical (unpaired) electrons. The molecule has 262 valence electrons. The first-order chi connectivity index (χ1) is 24.0. The number of nitrogens with zero attached hydrogens (tertiary/aromatic N) is 5. The van der Waals surface area contributed by atoms with E-state index in [9.17, 15) is 23.6 Å². The van der Waals surface area contributed by atoms with E-state index in [1.807, 2.05) is 24.6 Å². The molecule has 0 spiro atoms. The van der Waals surface area contributed by atoms with E-state index in [0.29, 0.717) is 38.0 Å². The Hall–Kier alpha value is -5.57. The third kappa shape index (κ3) is 8.17. The van der Waals surface area contributed by atoms with Crippen LogP contribution in [0.4, 0.5) is 4.39 Å². The number of likely N-dealkylation sites (tertiary alicyclic amines) is 1. The number of carbonyl (C=O) groups is 4. The first kappa shape index (κ1) is 34.3. The summed E-state index contributed by atoms with van der Waals surface area (Å²) < 4.78 is 33.9. The molecule has 2 aromatic carbocycles. The fourth-order valence-electron chi connectivity index (χ4n) is 6.14. The molecule has 0 aliphatic carbocycles. The van der Waals surface area contributed by atoms with Gasteiger partial charge in [0.05, 0.1) is 31.0 Å². The molecular weight excluding hydrogens is 649 g/mol. The second-order valence-electron chi connectivity index (χ2n) is 12.5. The van der Waals surface area contributed by atoms with Crippen molar-refractivity contribution in [1.82, 2.24) is 35.2 Å². The molecule has 1 saturated heterocycles. The number of fused-ring (bicyclic) bond motifs is 5. The fraction of sp³-hybridized carbons (Fsp3) is 0.371. The molecule has 4 aromatic rings. The van der Waals surface area contributed by atoms with Crippen LogP contribution in [0.5, 0.6) is 11.5 Å². The van der Waals surface area contributed by atoms with Gasteiger partial charge in [-0.15, -0.1) is 0 Å². The van der Waals surface area contributed by atoms with Gasteiger partial charge in [-0.3, -0.25) is 23.9 Å². The number of ether oxygens (including phenoxy) is 2. The fourth-order valence-corrected chi connectivity index (χ4v) is 6.14. The van der Waals surface area contributed by atoms with Gasteiger partial charge in [0, 0.05) is 56.1 Å². The van der Waals surface area contributed by atoms with E-state index in [0.717, 1.165) is 17.8 Å². The molecule has 0 saturated carbocycles. The Morgan fingerprint density at radius 3 is 2.66 bits per heavy atom. The summed E-state index contributed by atoms with van der Waals surface area (Å²) in [6.45, 7) is 4.96. The van der Waals surface area contributed by atoms with Gasteiger partial charge in [0.25, 0.3) is 17.7 Å². The maximum atomic E-state index is 14.8. The minimum atomic E-state index is -0.646. The topological polar surface area (TPSA) is 161 Å². The molecule has 2 N–H and O–H groups in total. The van der Waals surface area contributed by atoms with Gasteiger partial charge in [-0.1, -0.05) is 0 Å². The number of hydrogen-bond donors (Lipinski definition) is 2. The SMILES string of the molecule is Cc1cc(C)n(CCCNC(=O)c2cc3cc(c2)C(=O)N(C)CC(=O)N[C@@H]2CN(C(=O)c4cocn4)CC[C@@H]2OCc2cc(F)cc(c2)O3)n1. The van der Waals surface area contributed by atoms with Crippen molar-refractivity contribution in [2.45, 2.75) is 52.0 Å². The van der Waals surface area contributed by atoms with Crippen molar-refractivity contribution >= 4 is 23.6 Å². The van der Waals surface area contributed by atoms with Gasteiger partial charge in [0.1, 0.15) is 23.6 Å². The number of likely N-dealkylation sites (N-methyl/N-ethyl adjacent to an activating group) is 1. The van der Waals surface area contributed by atoms with Crippen molar-refractivity contribution in [3.05, 3.63) is 94.7 Å². The molecule has 2 aromatic heterocycles. The average Bonchev–Trinajstić information content (AvgIpc) is 3.73. The zero-order valence-electron chi connectivity index (χ0n) is 28.0. The van der Waals surface area contributed by atoms with Crippen LogP contribution < -0.4 is 15.4 Å². The highest BCUT2D eigenvalue weighted by molar-refractivity contribution is 6.01. The lowest BCUT2D eigenvalue weighted by atomic mass is 10.0. The Morgan fingerprint density at radius 2 is 1.90 bits per heavy atom. The number of nitrogens with one attached hydrogen (secondary N) is 2. The number of halogens is 1. The predicted octanol–water partition coefficient (Wildman–Crippen LogP) is 3.24. The first-order valence-electron chi connectivity index (χ1n) is 16.3. The van der Waals surface area contributed by atoms with Crippen molar-refractivity contribution in [2.24, 2.45) is 0 Å². The number of carbonyl (C=O) groups excluding carboxylic acids is 4. The van der Waals surface area contributed by atoms with Gasteiger partial charge in [0.15, 0.2) is 12.1 Å². The van der Waals surface area contributed by atoms with Gasteiger partial charge in [0.2, 0.25) is 5.91 Å². The summed E-state index contributed by atoms with van der Waals surface area (Å²) in [5, 5.41) is 10.2. The van der Waals surface area contributed by atoms with Gasteiger partial charge >= 0.3 is 0 Å². The smallest absolute Gasteiger partial charge is 0.275 e. The summed E-state index contributed by atoms with van der Waals surface area (Å²) >= 11 is 0. The summed E-state index contributed by atoms with van der Waals surface area (Å²) in [4.78, 5) is 60.0. The van der Waals surface area contributed by atoms with Crippen LogP contribution in [0.25, 0.3) is 0 Å². The van der Waals surface area contributed by atoms with Crippen LogP contribution in [0.3, 0.4) is 0 Å². The number of piperidine rings is 1. The van der Waals surface area contributed by atoms with Gasteiger partial charge in [-0.25, -0.2) is 9.37 Å². The Morgan fingerprint density at radius 1 is 1.08 bits per heavy atom. The highest BCUT2D eigenvalue weighted by Gasteiger charge is 2.35. The summed E-state index contributed by atoms with van der Waals surface area (Å²) in [5.41, 5.74) is 2.78. The van der Waals surface area contributed by atoms with Crippen LogP contribution in [-0.4, -0.2) is 93.6 Å². The molecule has 2 aliphatic heterocycles. The first-order valence-corrected chi connectivity index (χ1v) is 16.3. The van der Waals surface area contributed by atoms with Crippen molar-refractivity contribution in [1.29, 1.82) is 0 Å². The number of hydrogen-bond acceptors (Lipinski definition) is 9. The number of rotatable bonds is 6. The second-order valence-corrected chi connectivity index (χ2v) is 12.5. The lowest BCUT2D eigenvalue weighted by Crippen LogP contribution is -2.58. The lowest BCUT2D eigenvalue weighted by Gasteiger charge is -2.38. The van der Waals surface area contributed by atoms with E-state index < -0.39 is 35.7 Å². The zero-order chi connectivity index (χ0) is 35.4. The average molecular weight is 688 g/mol. The van der Waals surface area contributed by atoms with Crippen molar-refractivity contribution in [2.75, 3.05) is 33.2 Å². The van der Waals surface area contributed by atoms with Crippen molar-refractivity contribution in [3.63, 3.8) is 0 Å².